The third-order valence-electron chi connectivity index (χ3n) is 4.17. The third-order valence-corrected chi connectivity index (χ3v) is 5.76. The van der Waals surface area contributed by atoms with Crippen LogP contribution in [0.3, 0.4) is 0 Å². The van der Waals surface area contributed by atoms with Crippen molar-refractivity contribution in [1.29, 1.82) is 0 Å². The summed E-state index contributed by atoms with van der Waals surface area (Å²) in [5.74, 6) is 0.895. The molecule has 0 aliphatic heterocycles. The lowest BCUT2D eigenvalue weighted by Gasteiger charge is -2.30. The lowest BCUT2D eigenvalue weighted by atomic mass is 10.0. The summed E-state index contributed by atoms with van der Waals surface area (Å²) in [6, 6.07) is 8.31. The number of aryl methyl sites for hydroxylation is 1. The molecule has 0 aliphatic carbocycles. The summed E-state index contributed by atoms with van der Waals surface area (Å²) < 4.78 is 0.271. The highest BCUT2D eigenvalue weighted by Crippen LogP contribution is 2.31. The summed E-state index contributed by atoms with van der Waals surface area (Å²) in [6.07, 6.45) is 4.48. The van der Waals surface area contributed by atoms with Crippen molar-refractivity contribution in [2.75, 3.05) is 18.1 Å². The normalized spacial score (nSPS) is 11.8. The Morgan fingerprint density at radius 1 is 1.10 bits per heavy atom. The molecule has 3 nitrogen and oxygen atoms in total. The molecule has 0 atom stereocenters. The fourth-order valence-electron chi connectivity index (χ4n) is 2.47. The van der Waals surface area contributed by atoms with Gasteiger partial charge in [0.1, 0.15) is 0 Å². The smallest absolute Gasteiger partial charge is 0.156 e. The van der Waals surface area contributed by atoms with Crippen LogP contribution in [0.5, 0.6) is 0 Å². The number of hydrogen-bond acceptors (Lipinski definition) is 4. The fourth-order valence-corrected chi connectivity index (χ4v) is 3.27. The number of benzene rings is 1. The molecule has 1 N–H and O–H groups in total. The molecule has 108 valence electrons. The van der Waals surface area contributed by atoms with Gasteiger partial charge in [0, 0.05) is 22.1 Å². The highest BCUT2D eigenvalue weighted by Gasteiger charge is 2.25. The topological polar surface area (TPSA) is 37.8 Å². The van der Waals surface area contributed by atoms with E-state index < -0.39 is 0 Å². The van der Waals surface area contributed by atoms with Crippen LogP contribution in [-0.4, -0.2) is 27.7 Å². The van der Waals surface area contributed by atoms with E-state index in [0.717, 1.165) is 36.3 Å². The van der Waals surface area contributed by atoms with Gasteiger partial charge in [-0.25, -0.2) is 0 Å². The van der Waals surface area contributed by atoms with Crippen LogP contribution in [0.1, 0.15) is 32.4 Å². The molecule has 0 saturated heterocycles. The van der Waals surface area contributed by atoms with Gasteiger partial charge in [0.25, 0.3) is 0 Å². The van der Waals surface area contributed by atoms with Crippen molar-refractivity contribution in [2.24, 2.45) is 0 Å². The first-order valence-electron chi connectivity index (χ1n) is 7.17. The lowest BCUT2D eigenvalue weighted by molar-refractivity contribution is 0.574. The van der Waals surface area contributed by atoms with Gasteiger partial charge >= 0.3 is 0 Å². The monoisotopic (exact) mass is 289 g/mol. The van der Waals surface area contributed by atoms with Gasteiger partial charge in [-0.1, -0.05) is 38.1 Å². The quantitative estimate of drug-likeness (QED) is 0.861. The second-order valence-electron chi connectivity index (χ2n) is 5.13. The minimum absolute atomic E-state index is 0.271. The fraction of sp³-hybridized carbons (Fsp3) is 0.500. The number of hydrogen-bond donors (Lipinski definition) is 1. The molecule has 0 fully saturated rings. The number of nitrogens with one attached hydrogen (secondary N) is 1. The van der Waals surface area contributed by atoms with Crippen molar-refractivity contribution in [3.05, 3.63) is 30.0 Å². The Kier molecular flexibility index (Phi) is 4.86. The van der Waals surface area contributed by atoms with Crippen molar-refractivity contribution in [2.45, 2.75) is 38.4 Å². The molecule has 0 unspecified atom stereocenters. The Balaban J connectivity index is 2.29. The zero-order valence-electron chi connectivity index (χ0n) is 12.7. The molecule has 4 heteroatoms. The van der Waals surface area contributed by atoms with Crippen molar-refractivity contribution in [3.8, 4) is 0 Å². The van der Waals surface area contributed by atoms with Crippen LogP contribution in [0.4, 0.5) is 5.82 Å². The first-order valence-corrected chi connectivity index (χ1v) is 8.39. The number of fused-ring (bicyclic) bond motifs is 1. The zero-order valence-corrected chi connectivity index (χ0v) is 13.5. The molecular weight excluding hydrogens is 266 g/mol. The van der Waals surface area contributed by atoms with Crippen LogP contribution in [0.25, 0.3) is 10.8 Å². The number of rotatable bonds is 6. The number of nitrogens with zero attached hydrogens (tertiary/aromatic N) is 2. The third kappa shape index (κ3) is 2.90. The molecule has 0 spiro atoms. The standard InChI is InChI=1S/C16H23N3S/c1-5-16(6-2,20-4)11-17-15-14-10-8-7-9-13(14)12(3)18-19-15/h7-10H,5-6,11H2,1-4H3,(H,17,19). The molecule has 20 heavy (non-hydrogen) atoms. The van der Waals surface area contributed by atoms with E-state index >= 15 is 0 Å². The molecule has 0 saturated carbocycles. The predicted octanol–water partition coefficient (Wildman–Crippen LogP) is 4.27. The molecule has 2 aromatic rings. The van der Waals surface area contributed by atoms with Crippen molar-refractivity contribution < 1.29 is 0 Å². The molecule has 1 aromatic carbocycles. The minimum atomic E-state index is 0.271. The van der Waals surface area contributed by atoms with E-state index in [-0.39, 0.29) is 4.75 Å². The largest absolute Gasteiger partial charge is 0.367 e. The Morgan fingerprint density at radius 3 is 2.35 bits per heavy atom. The van der Waals surface area contributed by atoms with Gasteiger partial charge in [0.2, 0.25) is 0 Å². The van der Waals surface area contributed by atoms with Gasteiger partial charge in [-0.3, -0.25) is 0 Å². The average molecular weight is 289 g/mol. The second-order valence-corrected chi connectivity index (χ2v) is 6.40. The van der Waals surface area contributed by atoms with E-state index in [1.54, 1.807) is 0 Å². The van der Waals surface area contributed by atoms with Gasteiger partial charge in [-0.05, 0) is 26.0 Å². The summed E-state index contributed by atoms with van der Waals surface area (Å²) >= 11 is 1.93. The van der Waals surface area contributed by atoms with Gasteiger partial charge in [-0.15, -0.1) is 5.10 Å². The van der Waals surface area contributed by atoms with Crippen LogP contribution < -0.4 is 5.32 Å². The van der Waals surface area contributed by atoms with E-state index in [2.05, 4.69) is 53.8 Å². The summed E-state index contributed by atoms with van der Waals surface area (Å²) in [5.41, 5.74) is 0.980. The summed E-state index contributed by atoms with van der Waals surface area (Å²) in [4.78, 5) is 0. The maximum atomic E-state index is 4.34. The van der Waals surface area contributed by atoms with E-state index in [1.807, 2.05) is 24.8 Å². The first kappa shape index (κ1) is 15.1. The Bertz CT molecular complexity index is 571. The Morgan fingerprint density at radius 2 is 1.75 bits per heavy atom. The molecular formula is C16H23N3S. The highest BCUT2D eigenvalue weighted by atomic mass is 32.2. The summed E-state index contributed by atoms with van der Waals surface area (Å²) in [5, 5.41) is 14.5. The zero-order chi connectivity index (χ0) is 14.6. The van der Waals surface area contributed by atoms with Gasteiger partial charge in [-0.2, -0.15) is 16.9 Å². The van der Waals surface area contributed by atoms with Gasteiger partial charge in [0.15, 0.2) is 5.82 Å². The second kappa shape index (κ2) is 6.44. The first-order chi connectivity index (χ1) is 9.65. The van der Waals surface area contributed by atoms with E-state index in [0.29, 0.717) is 0 Å². The Labute approximate surface area is 125 Å². The number of aromatic nitrogens is 2. The van der Waals surface area contributed by atoms with E-state index in [1.165, 1.54) is 5.39 Å². The summed E-state index contributed by atoms with van der Waals surface area (Å²) in [7, 11) is 0. The average Bonchev–Trinajstić information content (AvgIpc) is 2.51. The number of thioether (sulfide) groups is 1. The maximum Gasteiger partial charge on any atom is 0.156 e. The summed E-state index contributed by atoms with van der Waals surface area (Å²) in [6.45, 7) is 7.42. The Hall–Kier alpha value is -1.29. The molecule has 0 radical (unpaired) electrons. The molecule has 0 bridgehead atoms. The predicted molar refractivity (Wildman–Crippen MR) is 89.6 cm³/mol. The molecule has 1 heterocycles. The number of anilines is 1. The van der Waals surface area contributed by atoms with E-state index in [4.69, 9.17) is 0 Å². The highest BCUT2D eigenvalue weighted by molar-refractivity contribution is 8.00. The van der Waals surface area contributed by atoms with Crippen LogP contribution in [0.15, 0.2) is 24.3 Å². The van der Waals surface area contributed by atoms with E-state index in [9.17, 15) is 0 Å². The van der Waals surface area contributed by atoms with Crippen molar-refractivity contribution in [3.63, 3.8) is 0 Å². The van der Waals surface area contributed by atoms with Crippen LogP contribution in [0.2, 0.25) is 0 Å². The van der Waals surface area contributed by atoms with Gasteiger partial charge in [0.05, 0.1) is 5.69 Å². The van der Waals surface area contributed by atoms with Gasteiger partial charge < -0.3 is 5.32 Å². The SMILES string of the molecule is CCC(CC)(CNc1nnc(C)c2ccccc12)SC. The molecule has 0 aliphatic rings. The molecule has 2 rings (SSSR count). The molecule has 0 amide bonds. The molecule has 1 aromatic heterocycles. The minimum Gasteiger partial charge on any atom is -0.367 e. The van der Waals surface area contributed by atoms with Crippen molar-refractivity contribution >= 4 is 28.4 Å². The lowest BCUT2D eigenvalue weighted by Crippen LogP contribution is -2.32. The van der Waals surface area contributed by atoms with Crippen molar-refractivity contribution in [1.82, 2.24) is 10.2 Å². The van der Waals surface area contributed by atoms with Crippen LogP contribution in [-0.2, 0) is 0 Å². The van der Waals surface area contributed by atoms with Crippen LogP contribution >= 0.6 is 11.8 Å². The maximum absolute atomic E-state index is 4.34. The van der Waals surface area contributed by atoms with Crippen LogP contribution in [0, 0.1) is 6.92 Å².